The highest BCUT2D eigenvalue weighted by atomic mass is 19.2. The Labute approximate surface area is 139 Å². The van der Waals surface area contributed by atoms with Crippen molar-refractivity contribution >= 4 is 11.1 Å². The molecule has 0 heterocycles. The lowest BCUT2D eigenvalue weighted by Gasteiger charge is -2.21. The molecule has 0 aromatic heterocycles. The molecule has 2 atom stereocenters. The third-order valence-corrected chi connectivity index (χ3v) is 5.12. The minimum atomic E-state index is -0.669. The highest BCUT2D eigenvalue weighted by Crippen LogP contribution is 2.36. The van der Waals surface area contributed by atoms with Crippen molar-refractivity contribution < 1.29 is 8.78 Å². The molecule has 0 radical (unpaired) electrons. The smallest absolute Gasteiger partial charge is 0.166 e. The summed E-state index contributed by atoms with van der Waals surface area (Å²) < 4.78 is 29.1. The minimum absolute atomic E-state index is 0. The fourth-order valence-corrected chi connectivity index (χ4v) is 3.47. The van der Waals surface area contributed by atoms with Gasteiger partial charge in [0.1, 0.15) is 0 Å². The van der Waals surface area contributed by atoms with E-state index < -0.39 is 11.6 Å². The van der Waals surface area contributed by atoms with Crippen LogP contribution in [0.5, 0.6) is 0 Å². The largest absolute Gasteiger partial charge is 0.203 e. The van der Waals surface area contributed by atoms with E-state index in [0.717, 1.165) is 49.7 Å². The van der Waals surface area contributed by atoms with Crippen molar-refractivity contribution in [2.75, 3.05) is 0 Å². The lowest BCUT2D eigenvalue weighted by Crippen LogP contribution is -2.06. The quantitative estimate of drug-likeness (QED) is 0.550. The molecular formula is C21H28F2. The molecule has 1 aromatic rings. The fraction of sp³-hybridized carbons (Fsp3) is 0.524. The Morgan fingerprint density at radius 3 is 1.48 bits per heavy atom. The summed E-state index contributed by atoms with van der Waals surface area (Å²) >= 11 is 0. The molecule has 126 valence electrons. The molecule has 2 unspecified atom stereocenters. The molecule has 2 aliphatic carbocycles. The SMILES string of the molecule is C.CC1CC=C(c2ccc(C3=CCC(C)CC3)c(F)c2F)CC1. The van der Waals surface area contributed by atoms with E-state index in [4.69, 9.17) is 0 Å². The molecule has 0 saturated carbocycles. The average molecular weight is 318 g/mol. The van der Waals surface area contributed by atoms with Crippen molar-refractivity contribution in [3.63, 3.8) is 0 Å². The maximum atomic E-state index is 14.5. The molecule has 0 N–H and O–H groups in total. The lowest BCUT2D eigenvalue weighted by molar-refractivity contribution is 0.495. The number of rotatable bonds is 2. The second-order valence-electron chi connectivity index (χ2n) is 7.01. The third kappa shape index (κ3) is 3.73. The highest BCUT2D eigenvalue weighted by Gasteiger charge is 2.21. The number of benzene rings is 1. The molecule has 0 spiro atoms. The summed E-state index contributed by atoms with van der Waals surface area (Å²) in [5, 5.41) is 0. The first-order valence-electron chi connectivity index (χ1n) is 8.43. The van der Waals surface area contributed by atoms with E-state index in [0.29, 0.717) is 23.0 Å². The molecule has 0 amide bonds. The summed E-state index contributed by atoms with van der Waals surface area (Å²) in [7, 11) is 0. The summed E-state index contributed by atoms with van der Waals surface area (Å²) in [4.78, 5) is 0. The van der Waals surface area contributed by atoms with Crippen LogP contribution in [0.3, 0.4) is 0 Å². The monoisotopic (exact) mass is 318 g/mol. The Bertz CT molecular complexity index is 570. The molecule has 23 heavy (non-hydrogen) atoms. The van der Waals surface area contributed by atoms with E-state index in [2.05, 4.69) is 26.0 Å². The molecule has 0 saturated heterocycles. The van der Waals surface area contributed by atoms with Crippen molar-refractivity contribution in [1.29, 1.82) is 0 Å². The lowest BCUT2D eigenvalue weighted by atomic mass is 9.85. The van der Waals surface area contributed by atoms with Crippen LogP contribution in [0.15, 0.2) is 24.3 Å². The predicted molar refractivity (Wildman–Crippen MR) is 95.1 cm³/mol. The zero-order valence-electron chi connectivity index (χ0n) is 13.5. The van der Waals surface area contributed by atoms with Crippen LogP contribution >= 0.6 is 0 Å². The Morgan fingerprint density at radius 1 is 0.783 bits per heavy atom. The predicted octanol–water partition coefficient (Wildman–Crippen LogP) is 7.01. The van der Waals surface area contributed by atoms with Crippen molar-refractivity contribution in [1.82, 2.24) is 0 Å². The van der Waals surface area contributed by atoms with Gasteiger partial charge in [-0.2, -0.15) is 0 Å². The van der Waals surface area contributed by atoms with Gasteiger partial charge in [0.05, 0.1) is 0 Å². The Hall–Kier alpha value is -1.44. The van der Waals surface area contributed by atoms with E-state index >= 15 is 0 Å². The normalized spacial score (nSPS) is 24.5. The average Bonchev–Trinajstić information content (AvgIpc) is 2.52. The van der Waals surface area contributed by atoms with Gasteiger partial charge in [-0.3, -0.25) is 0 Å². The maximum Gasteiger partial charge on any atom is 0.166 e. The van der Waals surface area contributed by atoms with Crippen LogP contribution in [0.25, 0.3) is 11.1 Å². The zero-order valence-corrected chi connectivity index (χ0v) is 13.5. The van der Waals surface area contributed by atoms with Crippen LogP contribution in [-0.2, 0) is 0 Å². The second kappa shape index (κ2) is 7.42. The summed E-state index contributed by atoms with van der Waals surface area (Å²) in [6.45, 7) is 4.40. The first-order valence-corrected chi connectivity index (χ1v) is 8.43. The topological polar surface area (TPSA) is 0 Å². The van der Waals surface area contributed by atoms with Gasteiger partial charge in [-0.15, -0.1) is 0 Å². The van der Waals surface area contributed by atoms with E-state index in [1.54, 1.807) is 12.1 Å². The van der Waals surface area contributed by atoms with Gasteiger partial charge in [0, 0.05) is 11.1 Å². The van der Waals surface area contributed by atoms with Gasteiger partial charge in [-0.05, 0) is 61.5 Å². The molecule has 2 aliphatic rings. The molecule has 0 nitrogen and oxygen atoms in total. The summed E-state index contributed by atoms with van der Waals surface area (Å²) in [6, 6.07) is 3.54. The summed E-state index contributed by atoms with van der Waals surface area (Å²) in [6.07, 6.45) is 9.87. The third-order valence-electron chi connectivity index (χ3n) is 5.12. The van der Waals surface area contributed by atoms with Crippen LogP contribution in [0.1, 0.15) is 70.9 Å². The van der Waals surface area contributed by atoms with E-state index in [1.807, 2.05) is 0 Å². The van der Waals surface area contributed by atoms with Gasteiger partial charge in [0.2, 0.25) is 0 Å². The van der Waals surface area contributed by atoms with Crippen molar-refractivity contribution in [2.24, 2.45) is 11.8 Å². The fourth-order valence-electron chi connectivity index (χ4n) is 3.47. The molecule has 2 heteroatoms. The first-order chi connectivity index (χ1) is 10.6. The van der Waals surface area contributed by atoms with Crippen LogP contribution in [0, 0.1) is 23.5 Å². The molecular weight excluding hydrogens is 290 g/mol. The Kier molecular flexibility index (Phi) is 5.78. The number of allylic oxidation sites excluding steroid dienone is 4. The zero-order chi connectivity index (χ0) is 15.7. The van der Waals surface area contributed by atoms with Gasteiger partial charge in [0.15, 0.2) is 11.6 Å². The van der Waals surface area contributed by atoms with Crippen molar-refractivity contribution in [3.05, 3.63) is 47.0 Å². The Morgan fingerprint density at radius 2 is 1.17 bits per heavy atom. The Balaban J connectivity index is 0.00000192. The van der Waals surface area contributed by atoms with E-state index in [9.17, 15) is 8.78 Å². The molecule has 0 aliphatic heterocycles. The second-order valence-corrected chi connectivity index (χ2v) is 7.01. The van der Waals surface area contributed by atoms with Gasteiger partial charge in [-0.25, -0.2) is 8.78 Å². The van der Waals surface area contributed by atoms with E-state index in [-0.39, 0.29) is 7.43 Å². The molecule has 0 bridgehead atoms. The van der Waals surface area contributed by atoms with Crippen LogP contribution in [0.4, 0.5) is 8.78 Å². The van der Waals surface area contributed by atoms with Crippen molar-refractivity contribution in [3.8, 4) is 0 Å². The summed E-state index contributed by atoms with van der Waals surface area (Å²) in [5.41, 5.74) is 2.84. The van der Waals surface area contributed by atoms with Gasteiger partial charge < -0.3 is 0 Å². The maximum absolute atomic E-state index is 14.5. The standard InChI is InChI=1S/C20H24F2.CH4/c1-13-3-7-15(8-4-13)17-11-12-18(20(22)19(17)21)16-9-5-14(2)6-10-16;/h7,9,11-14H,3-6,8,10H2,1-2H3;1H4. The van der Waals surface area contributed by atoms with Gasteiger partial charge >= 0.3 is 0 Å². The first kappa shape index (κ1) is 17.9. The molecule has 1 aromatic carbocycles. The molecule has 3 rings (SSSR count). The van der Waals surface area contributed by atoms with Gasteiger partial charge in [0.25, 0.3) is 0 Å². The summed E-state index contributed by atoms with van der Waals surface area (Å²) in [5.74, 6) is -0.0497. The minimum Gasteiger partial charge on any atom is -0.203 e. The van der Waals surface area contributed by atoms with Gasteiger partial charge in [-0.1, -0.05) is 45.6 Å². The van der Waals surface area contributed by atoms with Crippen molar-refractivity contribution in [2.45, 2.75) is 59.8 Å². The highest BCUT2D eigenvalue weighted by molar-refractivity contribution is 5.72. The van der Waals surface area contributed by atoms with E-state index in [1.165, 1.54) is 0 Å². The van der Waals surface area contributed by atoms with Crippen LogP contribution in [0.2, 0.25) is 0 Å². The molecule has 0 fully saturated rings. The van der Waals surface area contributed by atoms with Crippen LogP contribution in [-0.4, -0.2) is 0 Å². The number of hydrogen-bond acceptors (Lipinski definition) is 0. The number of hydrogen-bond donors (Lipinski definition) is 0. The van der Waals surface area contributed by atoms with Crippen LogP contribution < -0.4 is 0 Å². The number of halogens is 2.